The van der Waals surface area contributed by atoms with Gasteiger partial charge in [0.15, 0.2) is 4.34 Å². The summed E-state index contributed by atoms with van der Waals surface area (Å²) in [7, 11) is 1.62. The second-order valence-corrected chi connectivity index (χ2v) is 8.23. The summed E-state index contributed by atoms with van der Waals surface area (Å²) in [6.07, 6.45) is 0. The largest absolute Gasteiger partial charge is 0.497 e. The van der Waals surface area contributed by atoms with E-state index < -0.39 is 5.54 Å². The third-order valence-electron chi connectivity index (χ3n) is 3.86. The van der Waals surface area contributed by atoms with Gasteiger partial charge in [0, 0.05) is 5.69 Å². The Morgan fingerprint density at radius 2 is 2.08 bits per heavy atom. The Morgan fingerprint density at radius 1 is 1.38 bits per heavy atom. The molecule has 1 aromatic carbocycles. The van der Waals surface area contributed by atoms with Crippen molar-refractivity contribution >= 4 is 39.8 Å². The number of methoxy groups -OCH3 is 1. The fourth-order valence-electron chi connectivity index (χ4n) is 1.87. The predicted molar refractivity (Wildman–Crippen MR) is 104 cm³/mol. The van der Waals surface area contributed by atoms with Crippen molar-refractivity contribution in [1.29, 1.82) is 5.26 Å². The van der Waals surface area contributed by atoms with E-state index in [1.807, 2.05) is 38.1 Å². The van der Waals surface area contributed by atoms with Gasteiger partial charge in [0.05, 0.1) is 18.9 Å². The molecule has 1 amide bonds. The van der Waals surface area contributed by atoms with Gasteiger partial charge in [-0.05, 0) is 37.1 Å². The lowest BCUT2D eigenvalue weighted by Crippen LogP contribution is -2.49. The molecule has 2 aromatic rings. The van der Waals surface area contributed by atoms with Crippen LogP contribution in [0, 0.1) is 17.2 Å². The molecule has 0 bridgehead atoms. The van der Waals surface area contributed by atoms with E-state index in [0.29, 0.717) is 9.47 Å². The molecule has 0 saturated carbocycles. The molecule has 0 spiro atoms. The molecule has 0 aliphatic heterocycles. The van der Waals surface area contributed by atoms with Crippen LogP contribution >= 0.6 is 23.1 Å². The number of anilines is 2. The summed E-state index contributed by atoms with van der Waals surface area (Å²) in [5.74, 6) is 0.776. The van der Waals surface area contributed by atoms with Crippen LogP contribution in [0.5, 0.6) is 5.75 Å². The summed E-state index contributed by atoms with van der Waals surface area (Å²) >= 11 is 2.66. The van der Waals surface area contributed by atoms with Crippen molar-refractivity contribution in [2.45, 2.75) is 30.6 Å². The number of carbonyl (C=O) groups excluding carboxylic acids is 1. The van der Waals surface area contributed by atoms with Crippen LogP contribution in [0.4, 0.5) is 10.8 Å². The number of hydrogen-bond acceptors (Lipinski definition) is 8. The molecule has 0 aliphatic carbocycles. The van der Waals surface area contributed by atoms with Crippen molar-refractivity contribution in [2.24, 2.45) is 5.92 Å². The van der Waals surface area contributed by atoms with Crippen LogP contribution in [0.25, 0.3) is 0 Å². The van der Waals surface area contributed by atoms with Crippen molar-refractivity contribution in [3.8, 4) is 11.8 Å². The lowest BCUT2D eigenvalue weighted by molar-refractivity contribution is -0.120. The highest BCUT2D eigenvalue weighted by Gasteiger charge is 2.29. The molecule has 0 unspecified atom stereocenters. The van der Waals surface area contributed by atoms with Gasteiger partial charge < -0.3 is 15.4 Å². The van der Waals surface area contributed by atoms with E-state index >= 15 is 0 Å². The second kappa shape index (κ2) is 8.87. The molecule has 138 valence electrons. The minimum Gasteiger partial charge on any atom is -0.497 e. The average Bonchev–Trinajstić information content (AvgIpc) is 3.07. The van der Waals surface area contributed by atoms with E-state index in [0.717, 1.165) is 11.4 Å². The van der Waals surface area contributed by atoms with Crippen LogP contribution in [-0.4, -0.2) is 34.5 Å². The Kier molecular flexibility index (Phi) is 6.83. The van der Waals surface area contributed by atoms with Crippen LogP contribution in [-0.2, 0) is 4.79 Å². The number of aromatic nitrogens is 2. The van der Waals surface area contributed by atoms with Gasteiger partial charge in [-0.2, -0.15) is 5.26 Å². The average molecular weight is 392 g/mol. The smallest absolute Gasteiger partial charge is 0.231 e. The third kappa shape index (κ3) is 5.34. The van der Waals surface area contributed by atoms with Gasteiger partial charge in [-0.25, -0.2) is 0 Å². The first-order valence-corrected chi connectivity index (χ1v) is 9.76. The Hall–Kier alpha value is -2.31. The molecule has 7 nitrogen and oxygen atoms in total. The van der Waals surface area contributed by atoms with Gasteiger partial charge in [-0.15, -0.1) is 10.2 Å². The first-order chi connectivity index (χ1) is 12.4. The molecule has 0 aliphatic rings. The maximum absolute atomic E-state index is 12.1. The van der Waals surface area contributed by atoms with E-state index in [2.05, 4.69) is 26.9 Å². The number of benzene rings is 1. The van der Waals surface area contributed by atoms with E-state index in [-0.39, 0.29) is 17.6 Å². The molecule has 0 saturated heterocycles. The highest BCUT2D eigenvalue weighted by atomic mass is 32.2. The van der Waals surface area contributed by atoms with Crippen LogP contribution in [0.3, 0.4) is 0 Å². The first kappa shape index (κ1) is 20.0. The summed E-state index contributed by atoms with van der Waals surface area (Å²) in [6, 6.07) is 9.63. The normalized spacial score (nSPS) is 12.9. The number of amides is 1. The highest BCUT2D eigenvalue weighted by Crippen LogP contribution is 2.28. The van der Waals surface area contributed by atoms with Gasteiger partial charge in [-0.1, -0.05) is 36.9 Å². The quantitative estimate of drug-likeness (QED) is 0.665. The van der Waals surface area contributed by atoms with E-state index in [1.54, 1.807) is 14.0 Å². The number of thioether (sulfide) groups is 1. The third-order valence-corrected chi connectivity index (χ3v) is 5.83. The maximum atomic E-state index is 12.1. The zero-order valence-corrected chi connectivity index (χ0v) is 16.7. The van der Waals surface area contributed by atoms with Gasteiger partial charge in [-0.3, -0.25) is 4.79 Å². The Labute approximate surface area is 161 Å². The number of carbonyl (C=O) groups is 1. The van der Waals surface area contributed by atoms with Crippen molar-refractivity contribution in [3.63, 3.8) is 0 Å². The van der Waals surface area contributed by atoms with Crippen molar-refractivity contribution < 1.29 is 9.53 Å². The monoisotopic (exact) mass is 391 g/mol. The van der Waals surface area contributed by atoms with Crippen molar-refractivity contribution in [2.75, 3.05) is 18.2 Å². The zero-order chi connectivity index (χ0) is 19.2. The highest BCUT2D eigenvalue weighted by molar-refractivity contribution is 8.01. The van der Waals surface area contributed by atoms with Gasteiger partial charge in [0.1, 0.15) is 11.3 Å². The van der Waals surface area contributed by atoms with Gasteiger partial charge in [0.2, 0.25) is 11.0 Å². The predicted octanol–water partition coefficient (Wildman–Crippen LogP) is 3.44. The van der Waals surface area contributed by atoms with Crippen LogP contribution in [0.1, 0.15) is 20.8 Å². The van der Waals surface area contributed by atoms with Crippen LogP contribution in [0.2, 0.25) is 0 Å². The van der Waals surface area contributed by atoms with Crippen molar-refractivity contribution in [1.82, 2.24) is 15.5 Å². The molecule has 9 heteroatoms. The molecule has 2 rings (SSSR count). The molecule has 0 radical (unpaired) electrons. The summed E-state index contributed by atoms with van der Waals surface area (Å²) in [5, 5.41) is 24.0. The lowest BCUT2D eigenvalue weighted by atomic mass is 9.90. The summed E-state index contributed by atoms with van der Waals surface area (Å²) in [5.41, 5.74) is -0.00203. The molecule has 2 N–H and O–H groups in total. The molecule has 26 heavy (non-hydrogen) atoms. The van der Waals surface area contributed by atoms with Gasteiger partial charge >= 0.3 is 0 Å². The summed E-state index contributed by atoms with van der Waals surface area (Å²) < 4.78 is 5.80. The molecular formula is C17H21N5O2S2. The van der Waals surface area contributed by atoms with Crippen molar-refractivity contribution in [3.05, 3.63) is 24.3 Å². The van der Waals surface area contributed by atoms with Crippen LogP contribution < -0.4 is 15.4 Å². The minimum absolute atomic E-state index is 0.0169. The summed E-state index contributed by atoms with van der Waals surface area (Å²) in [4.78, 5) is 12.1. The number of nitrogens with zero attached hydrogens (tertiary/aromatic N) is 3. The molecular weight excluding hydrogens is 370 g/mol. The number of nitrogens with one attached hydrogen (secondary N) is 2. The van der Waals surface area contributed by atoms with E-state index in [4.69, 9.17) is 4.74 Å². The number of nitriles is 1. The molecule has 1 atom stereocenters. The first-order valence-electron chi connectivity index (χ1n) is 7.96. The number of rotatable bonds is 8. The molecule has 1 aromatic heterocycles. The van der Waals surface area contributed by atoms with E-state index in [1.165, 1.54) is 23.1 Å². The fourth-order valence-corrected chi connectivity index (χ4v) is 3.44. The summed E-state index contributed by atoms with van der Waals surface area (Å²) in [6.45, 7) is 5.53. The van der Waals surface area contributed by atoms with Crippen LogP contribution in [0.15, 0.2) is 28.6 Å². The topological polar surface area (TPSA) is 99.9 Å². The Morgan fingerprint density at radius 3 is 2.65 bits per heavy atom. The molecule has 0 fully saturated rings. The minimum atomic E-state index is -0.875. The fraction of sp³-hybridized carbons (Fsp3) is 0.412. The van der Waals surface area contributed by atoms with Gasteiger partial charge in [0.25, 0.3) is 0 Å². The Balaban J connectivity index is 1.88. The lowest BCUT2D eigenvalue weighted by Gasteiger charge is -2.27. The SMILES string of the molecule is COc1ccc(Nc2nnc(SCC(=O)N[C@@](C)(C#N)C(C)C)s2)cc1. The maximum Gasteiger partial charge on any atom is 0.231 e. The molecule has 1 heterocycles. The zero-order valence-electron chi connectivity index (χ0n) is 15.1. The number of hydrogen-bond donors (Lipinski definition) is 2. The second-order valence-electron chi connectivity index (χ2n) is 6.03. The number of ether oxygens (including phenoxy) is 1. The Bertz CT molecular complexity index is 785. The van der Waals surface area contributed by atoms with E-state index in [9.17, 15) is 10.1 Å². The standard InChI is InChI=1S/C17H21N5O2S2/c1-11(2)17(3,10-18)20-14(23)9-25-16-22-21-15(26-16)19-12-5-7-13(24-4)8-6-12/h5-8,11H,9H2,1-4H3,(H,19,21)(H,20,23)/t17-/m0/s1.